The van der Waals surface area contributed by atoms with Gasteiger partial charge in [0.05, 0.1) is 0 Å². The molecule has 34 heavy (non-hydrogen) atoms. The predicted molar refractivity (Wildman–Crippen MR) is 131 cm³/mol. The van der Waals surface area contributed by atoms with E-state index < -0.39 is 11.9 Å². The van der Waals surface area contributed by atoms with E-state index in [1.807, 2.05) is 36.4 Å². The number of phenolic OH excluding ortho intramolecular Hbond substituents is 1. The van der Waals surface area contributed by atoms with Gasteiger partial charge in [-0.25, -0.2) is 4.98 Å². The molecule has 1 aromatic heterocycles. The van der Waals surface area contributed by atoms with Crippen molar-refractivity contribution in [3.05, 3.63) is 90.3 Å². The molecule has 0 unspecified atom stereocenters. The lowest BCUT2D eigenvalue weighted by atomic mass is 10.0. The van der Waals surface area contributed by atoms with Gasteiger partial charge in [-0.15, -0.1) is 0 Å². The van der Waals surface area contributed by atoms with Crippen LogP contribution < -0.4 is 11.1 Å². The summed E-state index contributed by atoms with van der Waals surface area (Å²) in [6, 6.07) is 19.1. The fourth-order valence-corrected chi connectivity index (χ4v) is 3.93. The number of nitrogens with two attached hydrogens (primary N) is 1. The maximum absolute atomic E-state index is 13.7. The molecule has 2 amide bonds. The Kier molecular flexibility index (Phi) is 7.07. The van der Waals surface area contributed by atoms with Gasteiger partial charge in [0.15, 0.2) is 5.95 Å². The number of carbonyl (C=O) groups is 2. The number of carbonyl (C=O) groups excluding carboxylic acids is 2. The number of aromatic hydroxyl groups is 1. The second kappa shape index (κ2) is 10.5. The Labute approximate surface area is 197 Å². The van der Waals surface area contributed by atoms with E-state index in [4.69, 9.17) is 5.73 Å². The molecule has 0 saturated heterocycles. The highest BCUT2D eigenvalue weighted by Crippen LogP contribution is 2.21. The Hall–Kier alpha value is -4.33. The van der Waals surface area contributed by atoms with E-state index in [-0.39, 0.29) is 18.2 Å². The number of imidazole rings is 1. The van der Waals surface area contributed by atoms with Crippen molar-refractivity contribution in [1.82, 2.24) is 14.9 Å². The maximum atomic E-state index is 13.7. The van der Waals surface area contributed by atoms with Gasteiger partial charge in [0.2, 0.25) is 5.91 Å². The van der Waals surface area contributed by atoms with Gasteiger partial charge < -0.3 is 26.0 Å². The van der Waals surface area contributed by atoms with Crippen LogP contribution in [0.4, 0.5) is 5.95 Å². The zero-order valence-corrected chi connectivity index (χ0v) is 18.6. The number of hydrogen-bond acceptors (Lipinski definition) is 5. The van der Waals surface area contributed by atoms with Crippen molar-refractivity contribution in [2.45, 2.75) is 25.4 Å². The van der Waals surface area contributed by atoms with Gasteiger partial charge in [-0.2, -0.15) is 0 Å². The molecule has 174 valence electrons. The summed E-state index contributed by atoms with van der Waals surface area (Å²) in [5, 5.41) is 14.7. The minimum atomic E-state index is -0.800. The molecule has 4 rings (SSSR count). The van der Waals surface area contributed by atoms with Crippen LogP contribution in [0, 0.1) is 0 Å². The molecule has 1 heterocycles. The van der Waals surface area contributed by atoms with Crippen LogP contribution >= 0.6 is 0 Å². The smallest absolute Gasteiger partial charge is 0.254 e. The van der Waals surface area contributed by atoms with E-state index in [1.54, 1.807) is 42.7 Å². The summed E-state index contributed by atoms with van der Waals surface area (Å²) in [6.07, 6.45) is 4.36. The highest BCUT2D eigenvalue weighted by atomic mass is 16.3. The number of benzene rings is 3. The number of primary amides is 1. The summed E-state index contributed by atoms with van der Waals surface area (Å²) in [4.78, 5) is 34.8. The summed E-state index contributed by atoms with van der Waals surface area (Å²) >= 11 is 0. The van der Waals surface area contributed by atoms with Gasteiger partial charge in [-0.1, -0.05) is 42.5 Å². The highest BCUT2D eigenvalue weighted by molar-refractivity contribution is 6.00. The minimum Gasteiger partial charge on any atom is -0.508 e. The first kappa shape index (κ1) is 22.8. The Balaban J connectivity index is 1.58. The molecule has 1 atom stereocenters. The average Bonchev–Trinajstić information content (AvgIpc) is 3.37. The van der Waals surface area contributed by atoms with Crippen molar-refractivity contribution in [2.75, 3.05) is 11.9 Å². The fourth-order valence-electron chi connectivity index (χ4n) is 3.93. The summed E-state index contributed by atoms with van der Waals surface area (Å²) < 4.78 is 0. The van der Waals surface area contributed by atoms with Crippen molar-refractivity contribution in [3.8, 4) is 5.75 Å². The number of hydrogen-bond donors (Lipinski definition) is 4. The molecule has 0 spiro atoms. The van der Waals surface area contributed by atoms with Crippen molar-refractivity contribution >= 4 is 28.5 Å². The lowest BCUT2D eigenvalue weighted by molar-refractivity contribution is -0.122. The second-order valence-electron chi connectivity index (χ2n) is 8.09. The van der Waals surface area contributed by atoms with Gasteiger partial charge in [-0.3, -0.25) is 9.59 Å². The number of rotatable bonds is 10. The molecule has 0 aliphatic rings. The molecule has 0 fully saturated rings. The third kappa shape index (κ3) is 5.53. The number of anilines is 1. The number of aromatic amines is 1. The van der Waals surface area contributed by atoms with Gasteiger partial charge in [0.25, 0.3) is 5.91 Å². The zero-order chi connectivity index (χ0) is 23.9. The van der Waals surface area contributed by atoms with E-state index >= 15 is 0 Å². The SMILES string of the molecule is NC(=O)[C@@H](CCCNc1ncc[nH]1)N(Cc1ccc(O)cc1)C(=O)c1ccc2ccccc2c1. The van der Waals surface area contributed by atoms with Crippen LogP contribution in [0.3, 0.4) is 0 Å². The summed E-state index contributed by atoms with van der Waals surface area (Å²) in [7, 11) is 0. The van der Waals surface area contributed by atoms with Crippen LogP contribution in [0.2, 0.25) is 0 Å². The number of nitrogens with zero attached hydrogens (tertiary/aromatic N) is 2. The summed E-state index contributed by atoms with van der Waals surface area (Å²) in [5.74, 6) is -0.0667. The van der Waals surface area contributed by atoms with Crippen LogP contribution in [0.15, 0.2) is 79.1 Å². The molecule has 5 N–H and O–H groups in total. The first-order valence-corrected chi connectivity index (χ1v) is 11.1. The van der Waals surface area contributed by atoms with E-state index in [9.17, 15) is 14.7 Å². The van der Waals surface area contributed by atoms with Crippen molar-refractivity contribution < 1.29 is 14.7 Å². The Morgan fingerprint density at radius 2 is 1.82 bits per heavy atom. The molecular weight excluding hydrogens is 430 g/mol. The molecule has 8 heteroatoms. The van der Waals surface area contributed by atoms with Gasteiger partial charge in [0, 0.05) is 31.0 Å². The Morgan fingerprint density at radius 3 is 2.53 bits per heavy atom. The first-order valence-electron chi connectivity index (χ1n) is 11.1. The topological polar surface area (TPSA) is 124 Å². The number of phenols is 1. The van der Waals surface area contributed by atoms with Crippen LogP contribution in [0.25, 0.3) is 10.8 Å². The molecule has 0 aliphatic carbocycles. The third-order valence-corrected chi connectivity index (χ3v) is 5.70. The normalized spacial score (nSPS) is 11.8. The van der Waals surface area contributed by atoms with Gasteiger partial charge in [0.1, 0.15) is 11.8 Å². The van der Waals surface area contributed by atoms with Crippen LogP contribution in [0.5, 0.6) is 5.75 Å². The van der Waals surface area contributed by atoms with Crippen molar-refractivity contribution in [3.63, 3.8) is 0 Å². The van der Waals surface area contributed by atoms with E-state index in [0.717, 1.165) is 16.3 Å². The molecule has 3 aromatic carbocycles. The molecule has 8 nitrogen and oxygen atoms in total. The lowest BCUT2D eigenvalue weighted by Gasteiger charge is -2.30. The fraction of sp³-hybridized carbons (Fsp3) is 0.192. The van der Waals surface area contributed by atoms with Gasteiger partial charge in [-0.05, 0) is 53.4 Å². The lowest BCUT2D eigenvalue weighted by Crippen LogP contribution is -2.47. The molecule has 0 radical (unpaired) electrons. The van der Waals surface area contributed by atoms with Crippen LogP contribution in [-0.4, -0.2) is 44.4 Å². The molecule has 0 saturated carbocycles. The molecular formula is C26H27N5O3. The number of amides is 2. The van der Waals surface area contributed by atoms with E-state index in [0.29, 0.717) is 30.9 Å². The molecule has 0 aliphatic heterocycles. The standard InChI is InChI=1S/C26H27N5O3/c27-24(33)23(6-3-13-28-26-29-14-15-30-26)31(17-18-7-11-22(32)12-8-18)25(34)21-10-9-19-4-1-2-5-20(19)16-21/h1-2,4-5,7-12,14-16,23,32H,3,6,13,17H2,(H2,27,33)(H2,28,29,30)/t23-/m1/s1. The molecule has 0 bridgehead atoms. The van der Waals surface area contributed by atoms with Crippen molar-refractivity contribution in [1.29, 1.82) is 0 Å². The highest BCUT2D eigenvalue weighted by Gasteiger charge is 2.29. The minimum absolute atomic E-state index is 0.131. The quantitative estimate of drug-likeness (QED) is 0.271. The summed E-state index contributed by atoms with van der Waals surface area (Å²) in [6.45, 7) is 0.750. The first-order chi connectivity index (χ1) is 16.5. The number of nitrogens with one attached hydrogen (secondary N) is 2. The largest absolute Gasteiger partial charge is 0.508 e. The Bertz CT molecular complexity index is 1260. The van der Waals surface area contributed by atoms with Crippen LogP contribution in [0.1, 0.15) is 28.8 Å². The average molecular weight is 458 g/mol. The van der Waals surface area contributed by atoms with Crippen LogP contribution in [-0.2, 0) is 11.3 Å². The zero-order valence-electron chi connectivity index (χ0n) is 18.6. The summed E-state index contributed by atoms with van der Waals surface area (Å²) in [5.41, 5.74) is 7.05. The number of aromatic nitrogens is 2. The monoisotopic (exact) mass is 457 g/mol. The second-order valence-corrected chi connectivity index (χ2v) is 8.09. The third-order valence-electron chi connectivity index (χ3n) is 5.70. The van der Waals surface area contributed by atoms with E-state index in [1.165, 1.54) is 4.90 Å². The van der Waals surface area contributed by atoms with Gasteiger partial charge >= 0.3 is 0 Å². The maximum Gasteiger partial charge on any atom is 0.254 e. The van der Waals surface area contributed by atoms with E-state index in [2.05, 4.69) is 15.3 Å². The predicted octanol–water partition coefficient (Wildman–Crippen LogP) is 3.66. The number of fused-ring (bicyclic) bond motifs is 1. The number of H-pyrrole nitrogens is 1. The molecule has 4 aromatic rings. The van der Waals surface area contributed by atoms with Crippen molar-refractivity contribution in [2.24, 2.45) is 5.73 Å². The Morgan fingerprint density at radius 1 is 1.06 bits per heavy atom.